The maximum atomic E-state index is 12.9. The fourth-order valence-electron chi connectivity index (χ4n) is 4.98. The second-order valence-corrected chi connectivity index (χ2v) is 10.3. The molecule has 0 heterocycles. The standard InChI is InChI=1S/C29H40BrN3O4/c1-4-27(34)33(25-14-9-10-15-26(25)36-3)16-11-17-37-29(35)21-18-22(28(31)24(30)19-21)20-32(5-2)23-12-7-6-8-13-23/h9-10,14-15,18-19,23H,4-8,11-13,16-17,20,31H2,1-3H3. The summed E-state index contributed by atoms with van der Waals surface area (Å²) in [5.41, 5.74) is 9.17. The largest absolute Gasteiger partial charge is 0.495 e. The minimum absolute atomic E-state index is 0.0126. The highest BCUT2D eigenvalue weighted by molar-refractivity contribution is 9.10. The Morgan fingerprint density at radius 1 is 1.11 bits per heavy atom. The molecule has 0 unspecified atom stereocenters. The minimum atomic E-state index is -0.395. The van der Waals surface area contributed by atoms with Gasteiger partial charge in [0.1, 0.15) is 5.75 Å². The van der Waals surface area contributed by atoms with Crippen LogP contribution in [0.5, 0.6) is 5.75 Å². The quantitative estimate of drug-likeness (QED) is 0.185. The molecular formula is C29H40BrN3O4. The monoisotopic (exact) mass is 573 g/mol. The van der Waals surface area contributed by atoms with Crippen molar-refractivity contribution in [2.24, 2.45) is 0 Å². The van der Waals surface area contributed by atoms with E-state index in [0.717, 1.165) is 12.1 Å². The van der Waals surface area contributed by atoms with Crippen molar-refractivity contribution in [1.29, 1.82) is 0 Å². The van der Waals surface area contributed by atoms with Gasteiger partial charge in [0.2, 0.25) is 5.91 Å². The molecule has 0 saturated heterocycles. The van der Waals surface area contributed by atoms with E-state index >= 15 is 0 Å². The molecule has 0 aliphatic heterocycles. The molecular weight excluding hydrogens is 534 g/mol. The normalized spacial score (nSPS) is 14.0. The number of hydrogen-bond donors (Lipinski definition) is 1. The van der Waals surface area contributed by atoms with Gasteiger partial charge in [0.25, 0.3) is 0 Å². The number of methoxy groups -OCH3 is 1. The van der Waals surface area contributed by atoms with Gasteiger partial charge in [-0.15, -0.1) is 0 Å². The topological polar surface area (TPSA) is 85.1 Å². The predicted molar refractivity (Wildman–Crippen MR) is 152 cm³/mol. The average Bonchev–Trinajstić information content (AvgIpc) is 2.93. The van der Waals surface area contributed by atoms with Gasteiger partial charge in [0, 0.05) is 30.0 Å². The minimum Gasteiger partial charge on any atom is -0.495 e. The number of carbonyl (C=O) groups excluding carboxylic acids is 2. The van der Waals surface area contributed by atoms with Crippen LogP contribution in [0, 0.1) is 0 Å². The lowest BCUT2D eigenvalue weighted by atomic mass is 9.93. The van der Waals surface area contributed by atoms with Crippen molar-refractivity contribution >= 4 is 39.2 Å². The zero-order valence-electron chi connectivity index (χ0n) is 22.3. The number of nitrogens with zero attached hydrogens (tertiary/aromatic N) is 2. The molecule has 0 aromatic heterocycles. The Bertz CT molecular complexity index is 1060. The van der Waals surface area contributed by atoms with Gasteiger partial charge in [-0.2, -0.15) is 0 Å². The lowest BCUT2D eigenvalue weighted by molar-refractivity contribution is -0.118. The molecule has 202 valence electrons. The first kappa shape index (κ1) is 29.0. The summed E-state index contributed by atoms with van der Waals surface area (Å²) in [7, 11) is 1.59. The first-order chi connectivity index (χ1) is 17.9. The van der Waals surface area contributed by atoms with Gasteiger partial charge in [-0.1, -0.05) is 45.2 Å². The highest BCUT2D eigenvalue weighted by atomic mass is 79.9. The number of para-hydroxylation sites is 2. The first-order valence-electron chi connectivity index (χ1n) is 13.3. The average molecular weight is 575 g/mol. The molecule has 2 N–H and O–H groups in total. The number of rotatable bonds is 12. The third-order valence-electron chi connectivity index (χ3n) is 7.06. The summed E-state index contributed by atoms with van der Waals surface area (Å²) < 4.78 is 11.7. The van der Waals surface area contributed by atoms with Crippen molar-refractivity contribution in [3.63, 3.8) is 0 Å². The van der Waals surface area contributed by atoms with E-state index in [0.29, 0.717) is 59.1 Å². The molecule has 1 saturated carbocycles. The highest BCUT2D eigenvalue weighted by Gasteiger charge is 2.22. The second-order valence-electron chi connectivity index (χ2n) is 9.45. The van der Waals surface area contributed by atoms with Crippen LogP contribution in [-0.4, -0.2) is 49.6 Å². The summed E-state index contributed by atoms with van der Waals surface area (Å²) in [6, 6.07) is 11.6. The Hall–Kier alpha value is -2.58. The molecule has 0 bridgehead atoms. The van der Waals surface area contributed by atoms with Gasteiger partial charge >= 0.3 is 5.97 Å². The van der Waals surface area contributed by atoms with Crippen LogP contribution in [0.2, 0.25) is 0 Å². The summed E-state index contributed by atoms with van der Waals surface area (Å²) in [5.74, 6) is 0.226. The van der Waals surface area contributed by atoms with E-state index in [1.54, 1.807) is 18.1 Å². The van der Waals surface area contributed by atoms with Gasteiger partial charge in [0.05, 0.1) is 30.7 Å². The van der Waals surface area contributed by atoms with E-state index < -0.39 is 5.97 Å². The number of nitrogens with two attached hydrogens (primary N) is 1. The lowest BCUT2D eigenvalue weighted by Gasteiger charge is -2.34. The third-order valence-corrected chi connectivity index (χ3v) is 7.72. The van der Waals surface area contributed by atoms with E-state index in [9.17, 15) is 9.59 Å². The summed E-state index contributed by atoms with van der Waals surface area (Å²) in [5, 5.41) is 0. The summed E-state index contributed by atoms with van der Waals surface area (Å²) in [6.07, 6.45) is 7.15. The third kappa shape index (κ3) is 7.71. The molecule has 7 nitrogen and oxygen atoms in total. The van der Waals surface area contributed by atoms with Crippen molar-refractivity contribution in [3.05, 3.63) is 52.0 Å². The predicted octanol–water partition coefficient (Wildman–Crippen LogP) is 6.18. The fourth-order valence-corrected chi connectivity index (χ4v) is 5.48. The van der Waals surface area contributed by atoms with Crippen molar-refractivity contribution in [3.8, 4) is 5.75 Å². The van der Waals surface area contributed by atoms with Crippen LogP contribution in [0.15, 0.2) is 40.9 Å². The molecule has 1 amide bonds. The maximum Gasteiger partial charge on any atom is 0.338 e. The van der Waals surface area contributed by atoms with Crippen LogP contribution in [0.25, 0.3) is 0 Å². The number of hydrogen-bond acceptors (Lipinski definition) is 6. The lowest BCUT2D eigenvalue weighted by Crippen LogP contribution is -2.36. The van der Waals surface area contributed by atoms with Crippen molar-refractivity contribution in [2.75, 3.05) is 37.4 Å². The van der Waals surface area contributed by atoms with E-state index in [1.807, 2.05) is 37.3 Å². The molecule has 2 aromatic carbocycles. The van der Waals surface area contributed by atoms with Gasteiger partial charge in [-0.25, -0.2) is 4.79 Å². The summed E-state index contributed by atoms with van der Waals surface area (Å²) in [6.45, 7) is 6.27. The summed E-state index contributed by atoms with van der Waals surface area (Å²) in [4.78, 5) is 29.7. The number of carbonyl (C=O) groups is 2. The van der Waals surface area contributed by atoms with Gasteiger partial charge in [0.15, 0.2) is 0 Å². The number of esters is 1. The van der Waals surface area contributed by atoms with E-state index in [1.165, 1.54) is 32.1 Å². The van der Waals surface area contributed by atoms with Crippen LogP contribution < -0.4 is 15.4 Å². The molecule has 1 fully saturated rings. The van der Waals surface area contributed by atoms with Crippen LogP contribution in [-0.2, 0) is 16.1 Å². The molecule has 0 radical (unpaired) electrons. The summed E-state index contributed by atoms with van der Waals surface area (Å²) >= 11 is 3.53. The molecule has 0 spiro atoms. The number of halogens is 1. The number of nitrogen functional groups attached to an aromatic ring is 1. The second kappa shape index (κ2) is 14.4. The van der Waals surface area contributed by atoms with Crippen LogP contribution in [0.4, 0.5) is 11.4 Å². The van der Waals surface area contributed by atoms with Gasteiger partial charge in [-0.05, 0) is 71.6 Å². The van der Waals surface area contributed by atoms with Crippen molar-refractivity contribution in [2.45, 2.75) is 71.4 Å². The van der Waals surface area contributed by atoms with Crippen LogP contribution >= 0.6 is 15.9 Å². The smallest absolute Gasteiger partial charge is 0.338 e. The Labute approximate surface area is 229 Å². The fraction of sp³-hybridized carbons (Fsp3) is 0.517. The number of amides is 1. The van der Waals surface area contributed by atoms with Crippen LogP contribution in [0.1, 0.15) is 74.7 Å². The molecule has 2 aromatic rings. The highest BCUT2D eigenvalue weighted by Crippen LogP contribution is 2.31. The van der Waals surface area contributed by atoms with Crippen molar-refractivity contribution < 1.29 is 19.1 Å². The Morgan fingerprint density at radius 2 is 1.84 bits per heavy atom. The van der Waals surface area contributed by atoms with E-state index in [-0.39, 0.29) is 12.5 Å². The SMILES string of the molecule is CCC(=O)N(CCCOC(=O)c1cc(Br)c(N)c(CN(CC)C2CCCCC2)c1)c1ccccc1OC. The zero-order chi connectivity index (χ0) is 26.8. The number of benzene rings is 2. The molecule has 3 rings (SSSR count). The zero-order valence-corrected chi connectivity index (χ0v) is 23.9. The molecule has 0 atom stereocenters. The first-order valence-corrected chi connectivity index (χ1v) is 14.1. The number of anilines is 2. The van der Waals surface area contributed by atoms with Gasteiger partial charge in [-0.3, -0.25) is 9.69 Å². The van der Waals surface area contributed by atoms with Gasteiger partial charge < -0.3 is 20.1 Å². The van der Waals surface area contributed by atoms with Crippen molar-refractivity contribution in [1.82, 2.24) is 4.90 Å². The van der Waals surface area contributed by atoms with E-state index in [2.05, 4.69) is 27.8 Å². The molecule has 1 aliphatic rings. The Balaban J connectivity index is 1.63. The van der Waals surface area contributed by atoms with E-state index in [4.69, 9.17) is 15.2 Å². The maximum absolute atomic E-state index is 12.9. The molecule has 1 aliphatic carbocycles. The number of ether oxygens (including phenoxy) is 2. The molecule has 37 heavy (non-hydrogen) atoms. The Kier molecular flexibility index (Phi) is 11.3. The Morgan fingerprint density at radius 3 is 2.51 bits per heavy atom. The van der Waals surface area contributed by atoms with Crippen LogP contribution in [0.3, 0.4) is 0 Å². The molecule has 8 heteroatoms.